The second-order valence-electron chi connectivity index (χ2n) is 6.91. The van der Waals surface area contributed by atoms with Crippen molar-refractivity contribution >= 4 is 21.6 Å². The maximum absolute atomic E-state index is 13.0. The molecule has 0 heterocycles. The fourth-order valence-corrected chi connectivity index (χ4v) is 4.46. The van der Waals surface area contributed by atoms with E-state index in [0.717, 1.165) is 22.9 Å². The molecule has 0 aromatic heterocycles. The van der Waals surface area contributed by atoms with E-state index < -0.39 is 16.1 Å². The van der Waals surface area contributed by atoms with Crippen LogP contribution in [0.25, 0.3) is 0 Å². The molecule has 0 unspecified atom stereocenters. The number of nitrogens with one attached hydrogen (secondary N) is 1. The monoisotopic (exact) mass is 388 g/mol. The number of carbonyl (C=O) groups is 1. The molecule has 6 heteroatoms. The van der Waals surface area contributed by atoms with Crippen LogP contribution in [0.5, 0.6) is 0 Å². The Kier molecular flexibility index (Phi) is 6.65. The highest BCUT2D eigenvalue weighted by atomic mass is 32.2. The average Bonchev–Trinajstić information content (AvgIpc) is 2.60. The van der Waals surface area contributed by atoms with E-state index in [2.05, 4.69) is 5.32 Å². The normalized spacial score (nSPS) is 13.7. The van der Waals surface area contributed by atoms with Crippen LogP contribution in [0.3, 0.4) is 0 Å². The number of hydrogen-bond donors (Lipinski definition) is 1. The van der Waals surface area contributed by atoms with Crippen molar-refractivity contribution in [2.24, 2.45) is 0 Å². The van der Waals surface area contributed by atoms with Crippen molar-refractivity contribution in [2.75, 3.05) is 10.6 Å². The number of hydrogen-bond acceptors (Lipinski definition) is 3. The summed E-state index contributed by atoms with van der Waals surface area (Å²) >= 11 is 0. The van der Waals surface area contributed by atoms with Crippen molar-refractivity contribution in [2.45, 2.75) is 46.2 Å². The molecule has 0 radical (unpaired) electrons. The zero-order chi connectivity index (χ0) is 20.2. The highest BCUT2D eigenvalue weighted by Crippen LogP contribution is 2.24. The third-order valence-electron chi connectivity index (χ3n) is 4.60. The molecule has 0 saturated carbocycles. The lowest BCUT2D eigenvalue weighted by molar-refractivity contribution is -0.122. The van der Waals surface area contributed by atoms with Crippen molar-refractivity contribution < 1.29 is 13.2 Å². The van der Waals surface area contributed by atoms with Crippen molar-refractivity contribution in [1.29, 1.82) is 0 Å². The Bertz CT molecular complexity index is 895. The maximum Gasteiger partial charge on any atom is 0.244 e. The summed E-state index contributed by atoms with van der Waals surface area (Å²) in [4.78, 5) is 13.0. The Hall–Kier alpha value is -2.34. The summed E-state index contributed by atoms with van der Waals surface area (Å²) in [5.74, 6) is -0.305. The predicted octanol–water partition coefficient (Wildman–Crippen LogP) is 3.73. The second-order valence-corrected chi connectivity index (χ2v) is 8.77. The second kappa shape index (κ2) is 8.57. The molecule has 0 bridgehead atoms. The number of rotatable bonds is 7. The molecule has 0 spiro atoms. The number of aryl methyl sites for hydroxylation is 2. The zero-order valence-corrected chi connectivity index (χ0v) is 17.4. The molecule has 0 saturated heterocycles. The van der Waals surface area contributed by atoms with Crippen LogP contribution in [0.1, 0.15) is 43.0 Å². The molecular weight excluding hydrogens is 360 g/mol. The minimum Gasteiger partial charge on any atom is -0.348 e. The molecule has 2 atom stereocenters. The van der Waals surface area contributed by atoms with Crippen molar-refractivity contribution in [3.8, 4) is 0 Å². The summed E-state index contributed by atoms with van der Waals surface area (Å²) in [6.07, 6.45) is 1.50. The molecule has 0 aliphatic rings. The Morgan fingerprint density at radius 1 is 1.11 bits per heavy atom. The third-order valence-corrected chi connectivity index (χ3v) is 5.78. The summed E-state index contributed by atoms with van der Waals surface area (Å²) in [5, 5.41) is 2.99. The lowest BCUT2D eigenvalue weighted by Crippen LogP contribution is -2.49. The lowest BCUT2D eigenvalue weighted by atomic mass is 9.99. The zero-order valence-electron chi connectivity index (χ0n) is 16.6. The van der Waals surface area contributed by atoms with Crippen LogP contribution in [0, 0.1) is 13.8 Å². The quantitative estimate of drug-likeness (QED) is 0.786. The van der Waals surface area contributed by atoms with Crippen LogP contribution in [-0.4, -0.2) is 26.6 Å². The lowest BCUT2D eigenvalue weighted by Gasteiger charge is -2.31. The van der Waals surface area contributed by atoms with E-state index in [1.165, 1.54) is 4.31 Å². The van der Waals surface area contributed by atoms with Gasteiger partial charge in [-0.1, -0.05) is 48.9 Å². The number of sulfonamides is 1. The molecule has 1 amide bonds. The summed E-state index contributed by atoms with van der Waals surface area (Å²) in [6, 6.07) is 13.8. The highest BCUT2D eigenvalue weighted by Gasteiger charge is 2.32. The standard InChI is InChI=1S/C21H28N2O3S/c1-6-20(23(27(5,25)26)18-10-8-7-9-11-18)21(24)22-17(4)19-14-15(2)12-13-16(19)3/h7-14,17,20H,6H2,1-5H3,(H,22,24)/t17-,20+/m0/s1. The van der Waals surface area contributed by atoms with Gasteiger partial charge in [0.1, 0.15) is 6.04 Å². The molecule has 5 nitrogen and oxygen atoms in total. The van der Waals surface area contributed by atoms with E-state index in [-0.39, 0.29) is 11.9 Å². The number of anilines is 1. The fraction of sp³-hybridized carbons (Fsp3) is 0.381. The van der Waals surface area contributed by atoms with Crippen LogP contribution in [0.4, 0.5) is 5.69 Å². The van der Waals surface area contributed by atoms with E-state index in [4.69, 9.17) is 0 Å². The molecule has 146 valence electrons. The SMILES string of the molecule is CC[C@H](C(=O)N[C@@H](C)c1cc(C)ccc1C)N(c1ccccc1)S(C)(=O)=O. The van der Waals surface area contributed by atoms with E-state index in [1.807, 2.05) is 52.0 Å². The van der Waals surface area contributed by atoms with Gasteiger partial charge in [-0.05, 0) is 50.5 Å². The maximum atomic E-state index is 13.0. The first kappa shape index (κ1) is 21.0. The first-order chi connectivity index (χ1) is 12.6. The smallest absolute Gasteiger partial charge is 0.244 e. The van der Waals surface area contributed by atoms with E-state index >= 15 is 0 Å². The van der Waals surface area contributed by atoms with Crippen LogP contribution in [-0.2, 0) is 14.8 Å². The number of carbonyl (C=O) groups excluding carboxylic acids is 1. The molecular formula is C21H28N2O3S. The number of benzene rings is 2. The Labute approximate surface area is 162 Å². The topological polar surface area (TPSA) is 66.5 Å². The predicted molar refractivity (Wildman–Crippen MR) is 110 cm³/mol. The number of para-hydroxylation sites is 1. The van der Waals surface area contributed by atoms with Crippen LogP contribution < -0.4 is 9.62 Å². The fourth-order valence-electron chi connectivity index (χ4n) is 3.25. The molecule has 0 aliphatic heterocycles. The minimum atomic E-state index is -3.62. The molecule has 0 fully saturated rings. The Balaban J connectivity index is 2.31. The van der Waals surface area contributed by atoms with E-state index in [9.17, 15) is 13.2 Å². The van der Waals surface area contributed by atoms with E-state index in [1.54, 1.807) is 24.3 Å². The van der Waals surface area contributed by atoms with Gasteiger partial charge in [0.2, 0.25) is 15.9 Å². The average molecular weight is 389 g/mol. The summed E-state index contributed by atoms with van der Waals surface area (Å²) < 4.78 is 26.1. The third kappa shape index (κ3) is 5.10. The van der Waals surface area contributed by atoms with Gasteiger partial charge in [0.25, 0.3) is 0 Å². The van der Waals surface area contributed by atoms with Gasteiger partial charge in [-0.15, -0.1) is 0 Å². The largest absolute Gasteiger partial charge is 0.348 e. The molecule has 2 aromatic carbocycles. The minimum absolute atomic E-state index is 0.219. The Morgan fingerprint density at radius 3 is 2.30 bits per heavy atom. The summed E-state index contributed by atoms with van der Waals surface area (Å²) in [7, 11) is -3.62. The van der Waals surface area contributed by atoms with Crippen molar-refractivity contribution in [3.63, 3.8) is 0 Å². The van der Waals surface area contributed by atoms with Gasteiger partial charge in [-0.3, -0.25) is 9.10 Å². The number of nitrogens with zero attached hydrogens (tertiary/aromatic N) is 1. The molecule has 27 heavy (non-hydrogen) atoms. The van der Waals surface area contributed by atoms with Crippen LogP contribution in [0.2, 0.25) is 0 Å². The van der Waals surface area contributed by atoms with Gasteiger partial charge in [0, 0.05) is 0 Å². The van der Waals surface area contributed by atoms with E-state index in [0.29, 0.717) is 12.1 Å². The first-order valence-corrected chi connectivity index (χ1v) is 10.9. The van der Waals surface area contributed by atoms with Crippen LogP contribution >= 0.6 is 0 Å². The molecule has 2 rings (SSSR count). The van der Waals surface area contributed by atoms with Gasteiger partial charge < -0.3 is 5.32 Å². The first-order valence-electron chi connectivity index (χ1n) is 9.07. The molecule has 0 aliphatic carbocycles. The highest BCUT2D eigenvalue weighted by molar-refractivity contribution is 7.92. The molecule has 1 N–H and O–H groups in total. The van der Waals surface area contributed by atoms with Crippen LogP contribution in [0.15, 0.2) is 48.5 Å². The van der Waals surface area contributed by atoms with Crippen molar-refractivity contribution in [1.82, 2.24) is 5.32 Å². The van der Waals surface area contributed by atoms with Gasteiger partial charge >= 0.3 is 0 Å². The van der Waals surface area contributed by atoms with Gasteiger partial charge in [-0.2, -0.15) is 0 Å². The molecule has 2 aromatic rings. The van der Waals surface area contributed by atoms with Gasteiger partial charge in [-0.25, -0.2) is 8.42 Å². The summed E-state index contributed by atoms with van der Waals surface area (Å²) in [6.45, 7) is 7.74. The van der Waals surface area contributed by atoms with Gasteiger partial charge in [0.05, 0.1) is 18.0 Å². The Morgan fingerprint density at radius 2 is 1.74 bits per heavy atom. The van der Waals surface area contributed by atoms with Crippen molar-refractivity contribution in [3.05, 3.63) is 65.2 Å². The van der Waals surface area contributed by atoms with Gasteiger partial charge in [0.15, 0.2) is 0 Å². The summed E-state index contributed by atoms with van der Waals surface area (Å²) in [5.41, 5.74) is 3.72. The number of amides is 1.